The van der Waals surface area contributed by atoms with Crippen molar-refractivity contribution in [1.82, 2.24) is 0 Å². The van der Waals surface area contributed by atoms with E-state index >= 15 is 0 Å². The largest absolute Gasteiger partial charge is 0.482 e. The van der Waals surface area contributed by atoms with Gasteiger partial charge in [-0.15, -0.1) is 0 Å². The summed E-state index contributed by atoms with van der Waals surface area (Å²) in [6, 6.07) is 5.39. The van der Waals surface area contributed by atoms with Crippen molar-refractivity contribution in [2.45, 2.75) is 39.2 Å². The van der Waals surface area contributed by atoms with Gasteiger partial charge in [-0.05, 0) is 51.7 Å². The second-order valence-electron chi connectivity index (χ2n) is 7.06. The van der Waals surface area contributed by atoms with Crippen LogP contribution in [0.2, 0.25) is 0 Å². The van der Waals surface area contributed by atoms with Gasteiger partial charge in [0.15, 0.2) is 6.61 Å². The molecule has 1 aliphatic heterocycles. The Morgan fingerprint density at radius 1 is 1.33 bits per heavy atom. The van der Waals surface area contributed by atoms with Gasteiger partial charge in [-0.3, -0.25) is 0 Å². The van der Waals surface area contributed by atoms with E-state index in [0.29, 0.717) is 17.4 Å². The average molecular weight is 336 g/mol. The first-order chi connectivity index (χ1) is 11.3. The zero-order chi connectivity index (χ0) is 17.6. The first-order valence-electron chi connectivity index (χ1n) is 8.39. The summed E-state index contributed by atoms with van der Waals surface area (Å²) in [6.45, 7) is 7.88. The molecule has 1 aromatic rings. The summed E-state index contributed by atoms with van der Waals surface area (Å²) < 4.78 is 16.0. The molecule has 1 aromatic carbocycles. The van der Waals surface area contributed by atoms with Crippen molar-refractivity contribution in [1.29, 1.82) is 0 Å². The van der Waals surface area contributed by atoms with Crippen molar-refractivity contribution in [3.63, 3.8) is 0 Å². The number of rotatable bonds is 6. The van der Waals surface area contributed by atoms with Crippen molar-refractivity contribution in [3.8, 4) is 5.75 Å². The maximum atomic E-state index is 11.7. The van der Waals surface area contributed by atoms with Crippen LogP contribution < -0.4 is 15.8 Å². The molecule has 0 aliphatic carbocycles. The van der Waals surface area contributed by atoms with Crippen molar-refractivity contribution in [2.75, 3.05) is 37.4 Å². The maximum absolute atomic E-state index is 11.7. The Hall–Kier alpha value is -1.95. The Balaban J connectivity index is 1.81. The number of hydrogen-bond donors (Lipinski definition) is 2. The van der Waals surface area contributed by atoms with Gasteiger partial charge in [-0.2, -0.15) is 0 Å². The number of carbonyl (C=O) groups is 1. The van der Waals surface area contributed by atoms with Crippen molar-refractivity contribution in [3.05, 3.63) is 18.2 Å². The predicted octanol–water partition coefficient (Wildman–Crippen LogP) is 2.83. The van der Waals surface area contributed by atoms with Crippen molar-refractivity contribution in [2.24, 2.45) is 5.92 Å². The molecule has 6 nitrogen and oxygen atoms in total. The molecule has 0 unspecified atom stereocenters. The number of benzene rings is 1. The fourth-order valence-corrected chi connectivity index (χ4v) is 2.51. The molecule has 0 aromatic heterocycles. The molecule has 0 atom stereocenters. The maximum Gasteiger partial charge on any atom is 0.344 e. The Labute approximate surface area is 143 Å². The zero-order valence-electron chi connectivity index (χ0n) is 14.8. The number of nitrogens with one attached hydrogen (secondary N) is 1. The Morgan fingerprint density at radius 2 is 2.04 bits per heavy atom. The summed E-state index contributed by atoms with van der Waals surface area (Å²) in [6.07, 6.45) is 2.15. The smallest absolute Gasteiger partial charge is 0.344 e. The third kappa shape index (κ3) is 6.28. The summed E-state index contributed by atoms with van der Waals surface area (Å²) >= 11 is 0. The Bertz CT molecular complexity index is 548. The second kappa shape index (κ2) is 8.24. The quantitative estimate of drug-likeness (QED) is 0.614. The van der Waals surface area contributed by atoms with E-state index in [2.05, 4.69) is 5.32 Å². The number of anilines is 2. The van der Waals surface area contributed by atoms with Gasteiger partial charge >= 0.3 is 5.97 Å². The topological polar surface area (TPSA) is 82.8 Å². The predicted molar refractivity (Wildman–Crippen MR) is 94.2 cm³/mol. The van der Waals surface area contributed by atoms with E-state index in [1.807, 2.05) is 26.8 Å². The van der Waals surface area contributed by atoms with Crippen LogP contribution in [0.3, 0.4) is 0 Å². The molecular formula is C18H28N2O4. The number of carbonyl (C=O) groups excluding carboxylic acids is 1. The summed E-state index contributed by atoms with van der Waals surface area (Å²) in [4.78, 5) is 11.7. The van der Waals surface area contributed by atoms with E-state index in [1.165, 1.54) is 0 Å². The molecule has 0 spiro atoms. The van der Waals surface area contributed by atoms with E-state index < -0.39 is 11.6 Å². The van der Waals surface area contributed by atoms with Gasteiger partial charge in [0.05, 0.1) is 11.4 Å². The minimum absolute atomic E-state index is 0.133. The second-order valence-corrected chi connectivity index (χ2v) is 7.06. The van der Waals surface area contributed by atoms with Gasteiger partial charge < -0.3 is 25.3 Å². The van der Waals surface area contributed by atoms with E-state index in [0.717, 1.165) is 38.3 Å². The van der Waals surface area contributed by atoms with Crippen molar-refractivity contribution >= 4 is 17.3 Å². The monoisotopic (exact) mass is 336 g/mol. The van der Waals surface area contributed by atoms with Crippen LogP contribution in [0.5, 0.6) is 5.75 Å². The highest BCUT2D eigenvalue weighted by atomic mass is 16.6. The highest BCUT2D eigenvalue weighted by molar-refractivity contribution is 5.72. The summed E-state index contributed by atoms with van der Waals surface area (Å²) in [7, 11) is 0. The molecule has 134 valence electrons. The molecule has 0 bridgehead atoms. The Morgan fingerprint density at radius 3 is 2.67 bits per heavy atom. The van der Waals surface area contributed by atoms with Crippen LogP contribution in [-0.4, -0.2) is 37.9 Å². The van der Waals surface area contributed by atoms with Gasteiger partial charge in [0.25, 0.3) is 0 Å². The standard InChI is InChI=1S/C18H28N2O4/c1-18(2,3)24-17(21)12-23-14-4-5-16(15(19)10-14)20-11-13-6-8-22-9-7-13/h4-5,10,13,20H,6-9,11-12,19H2,1-3H3. The van der Waals surface area contributed by atoms with Gasteiger partial charge in [0.2, 0.25) is 0 Å². The first-order valence-corrected chi connectivity index (χ1v) is 8.39. The van der Waals surface area contributed by atoms with Crippen LogP contribution in [0.4, 0.5) is 11.4 Å². The average Bonchev–Trinajstić information content (AvgIpc) is 2.51. The Kier molecular flexibility index (Phi) is 6.31. The molecule has 0 radical (unpaired) electrons. The molecule has 0 amide bonds. The molecule has 1 aliphatic rings. The lowest BCUT2D eigenvalue weighted by Crippen LogP contribution is -2.27. The number of nitrogens with two attached hydrogens (primary N) is 1. The normalized spacial score (nSPS) is 15.8. The number of hydrogen-bond acceptors (Lipinski definition) is 6. The molecule has 1 fully saturated rings. The lowest BCUT2D eigenvalue weighted by molar-refractivity contribution is -0.157. The molecular weight excluding hydrogens is 308 g/mol. The minimum Gasteiger partial charge on any atom is -0.482 e. The van der Waals surface area contributed by atoms with Gasteiger partial charge in [-0.25, -0.2) is 4.79 Å². The highest BCUT2D eigenvalue weighted by Gasteiger charge is 2.17. The molecule has 24 heavy (non-hydrogen) atoms. The molecule has 1 heterocycles. The summed E-state index contributed by atoms with van der Waals surface area (Å²) in [5, 5.41) is 3.38. The number of ether oxygens (including phenoxy) is 3. The molecule has 3 N–H and O–H groups in total. The lowest BCUT2D eigenvalue weighted by atomic mass is 10.0. The van der Waals surface area contributed by atoms with Gasteiger partial charge in [0.1, 0.15) is 11.4 Å². The molecule has 1 saturated heterocycles. The lowest BCUT2D eigenvalue weighted by Gasteiger charge is -2.23. The first kappa shape index (κ1) is 18.4. The van der Waals surface area contributed by atoms with Gasteiger partial charge in [-0.1, -0.05) is 0 Å². The fraction of sp³-hybridized carbons (Fsp3) is 0.611. The van der Waals surface area contributed by atoms with Crippen LogP contribution in [0.25, 0.3) is 0 Å². The van der Waals surface area contributed by atoms with E-state index in [-0.39, 0.29) is 6.61 Å². The van der Waals surface area contributed by atoms with E-state index in [1.54, 1.807) is 12.1 Å². The van der Waals surface area contributed by atoms with Gasteiger partial charge in [0, 0.05) is 25.8 Å². The van der Waals surface area contributed by atoms with Crippen LogP contribution in [-0.2, 0) is 14.3 Å². The van der Waals surface area contributed by atoms with E-state index in [4.69, 9.17) is 19.9 Å². The van der Waals surface area contributed by atoms with E-state index in [9.17, 15) is 4.79 Å². The third-order valence-electron chi connectivity index (χ3n) is 3.72. The summed E-state index contributed by atoms with van der Waals surface area (Å²) in [5.74, 6) is 0.763. The van der Waals surface area contributed by atoms with Crippen LogP contribution in [0, 0.1) is 5.92 Å². The zero-order valence-corrected chi connectivity index (χ0v) is 14.8. The number of nitrogen functional groups attached to an aromatic ring is 1. The van der Waals surface area contributed by atoms with Crippen LogP contribution >= 0.6 is 0 Å². The molecule has 0 saturated carbocycles. The summed E-state index contributed by atoms with van der Waals surface area (Å²) in [5.41, 5.74) is 7.03. The minimum atomic E-state index is -0.516. The van der Waals surface area contributed by atoms with Crippen LogP contribution in [0.15, 0.2) is 18.2 Å². The van der Waals surface area contributed by atoms with Crippen molar-refractivity contribution < 1.29 is 19.0 Å². The van der Waals surface area contributed by atoms with Crippen LogP contribution in [0.1, 0.15) is 33.6 Å². The number of esters is 1. The SMILES string of the molecule is CC(C)(C)OC(=O)COc1ccc(NCC2CCOCC2)c(N)c1. The molecule has 6 heteroatoms. The fourth-order valence-electron chi connectivity index (χ4n) is 2.51. The molecule has 2 rings (SSSR count). The third-order valence-corrected chi connectivity index (χ3v) is 3.72. The highest BCUT2D eigenvalue weighted by Crippen LogP contribution is 2.25.